The summed E-state index contributed by atoms with van der Waals surface area (Å²) in [6.07, 6.45) is -2.20. The third kappa shape index (κ3) is 5.66. The number of rotatable bonds is 5. The van der Waals surface area contributed by atoms with Gasteiger partial charge in [-0.15, -0.1) is 5.54 Å². The summed E-state index contributed by atoms with van der Waals surface area (Å²) >= 11 is 0. The molecule has 1 amide bonds. The highest BCUT2D eigenvalue weighted by molar-refractivity contribution is 6.84. The first-order valence-electron chi connectivity index (χ1n) is 15.2. The zero-order chi connectivity index (χ0) is 31.4. The van der Waals surface area contributed by atoms with Gasteiger partial charge in [0.05, 0.1) is 12.9 Å². The number of alkyl halides is 1. The zero-order valence-electron chi connectivity index (χ0n) is 27.2. The lowest BCUT2D eigenvalue weighted by Crippen LogP contribution is -2.68. The van der Waals surface area contributed by atoms with E-state index in [0.29, 0.717) is 5.96 Å². The molecule has 4 rings (SSSR count). The largest absolute Gasteiger partial charge is 0.414 e. The number of nitrogens with zero attached hydrogens (tertiary/aromatic N) is 3. The Labute approximate surface area is 254 Å². The number of hydrogen-bond donors (Lipinski definition) is 2. The van der Waals surface area contributed by atoms with E-state index < -0.39 is 61.5 Å². The van der Waals surface area contributed by atoms with Gasteiger partial charge in [0.15, 0.2) is 18.2 Å². The molecule has 4 aliphatic rings. The van der Waals surface area contributed by atoms with Crippen LogP contribution < -0.4 is 10.6 Å². The first-order valence-corrected chi connectivity index (χ1v) is 22.6. The van der Waals surface area contributed by atoms with Crippen LogP contribution in [0.15, 0.2) is 9.98 Å². The summed E-state index contributed by atoms with van der Waals surface area (Å²) in [5.41, 5.74) is 1.33. The minimum absolute atomic E-state index is 0.0160. The van der Waals surface area contributed by atoms with Gasteiger partial charge in [-0.25, -0.2) is 4.39 Å². The molecule has 0 aliphatic carbocycles. The maximum Gasteiger partial charge on any atom is 0.335 e. The number of hydrogen-bond acceptors (Lipinski definition) is 8. The first kappa shape index (κ1) is 33.3. The maximum absolute atomic E-state index is 18.1. The summed E-state index contributed by atoms with van der Waals surface area (Å²) in [4.78, 5) is 23.0. The highest BCUT2D eigenvalue weighted by atomic mass is 28.5. The minimum atomic E-state index is -3.15. The van der Waals surface area contributed by atoms with Crippen molar-refractivity contribution in [1.82, 2.24) is 15.5 Å². The van der Waals surface area contributed by atoms with Crippen molar-refractivity contribution in [3.8, 4) is 11.5 Å². The van der Waals surface area contributed by atoms with Crippen LogP contribution in [0.4, 0.5) is 4.39 Å². The van der Waals surface area contributed by atoms with Crippen molar-refractivity contribution in [1.29, 1.82) is 0 Å². The van der Waals surface area contributed by atoms with E-state index in [4.69, 9.17) is 17.7 Å². The summed E-state index contributed by atoms with van der Waals surface area (Å²) in [6.45, 7) is 23.4. The third-order valence-electron chi connectivity index (χ3n) is 8.64. The van der Waals surface area contributed by atoms with Gasteiger partial charge in [0.2, 0.25) is 5.67 Å². The highest BCUT2D eigenvalue weighted by Gasteiger charge is 2.68. The van der Waals surface area contributed by atoms with Gasteiger partial charge < -0.3 is 27.9 Å². The maximum atomic E-state index is 18.1. The molecule has 236 valence electrons. The molecule has 2 N–H and O–H groups in total. The molecule has 6 atom stereocenters. The Morgan fingerprint density at radius 1 is 1.10 bits per heavy atom. The van der Waals surface area contributed by atoms with Gasteiger partial charge in [-0.3, -0.25) is 20.1 Å². The summed E-state index contributed by atoms with van der Waals surface area (Å²) in [6, 6.07) is -0.788. The molecule has 0 bridgehead atoms. The number of carbonyl (C=O) groups excluding carboxylic acids is 1. The Morgan fingerprint density at radius 3 is 2.21 bits per heavy atom. The van der Waals surface area contributed by atoms with Crippen molar-refractivity contribution in [2.75, 3.05) is 13.7 Å². The molecule has 3 saturated heterocycles. The average molecular weight is 640 g/mol. The Balaban J connectivity index is 1.87. The lowest BCUT2D eigenvalue weighted by Gasteiger charge is -2.51. The second kappa shape index (κ2) is 11.7. The van der Waals surface area contributed by atoms with Gasteiger partial charge in [0, 0.05) is 7.05 Å². The summed E-state index contributed by atoms with van der Waals surface area (Å²) in [7, 11) is -6.46. The molecule has 0 aromatic rings. The van der Waals surface area contributed by atoms with E-state index >= 15 is 4.39 Å². The van der Waals surface area contributed by atoms with Crippen LogP contribution in [-0.2, 0) is 22.5 Å². The SMILES string of the molecule is CN=C1NC(=O)C2N=CN([C@@H]3O[C@H]4CO[Si](C(C)C)(C(C)C)O[Si](C(C)C)(C(C)C)O[C@@H]4C3(F)C#C[Si](C)(C)C)C2N1. The zero-order valence-corrected chi connectivity index (χ0v) is 30.2. The second-order valence-corrected chi connectivity index (χ2v) is 27.7. The molecule has 4 aliphatic heterocycles. The van der Waals surface area contributed by atoms with Crippen LogP contribution in [0.5, 0.6) is 0 Å². The number of fused-ring (bicyclic) bond motifs is 2. The number of halogens is 1. The first-order chi connectivity index (χ1) is 19.4. The molecule has 4 heterocycles. The molecule has 0 aromatic carbocycles. The van der Waals surface area contributed by atoms with E-state index in [0.717, 1.165) is 0 Å². The van der Waals surface area contributed by atoms with Crippen LogP contribution in [0.3, 0.4) is 0 Å². The lowest BCUT2D eigenvalue weighted by atomic mass is 9.96. The number of ether oxygens (including phenoxy) is 1. The van der Waals surface area contributed by atoms with E-state index in [9.17, 15) is 4.79 Å². The molecular formula is C28H50FN5O5Si3. The van der Waals surface area contributed by atoms with Crippen LogP contribution in [-0.4, -0.2) is 98.3 Å². The molecule has 10 nitrogen and oxygen atoms in total. The van der Waals surface area contributed by atoms with Crippen LogP contribution in [0, 0.1) is 11.5 Å². The molecular weight excluding hydrogens is 590 g/mol. The topological polar surface area (TPSA) is 106 Å². The Kier molecular flexibility index (Phi) is 9.29. The molecule has 3 fully saturated rings. The molecule has 0 radical (unpaired) electrons. The van der Waals surface area contributed by atoms with Gasteiger partial charge in [0.1, 0.15) is 26.4 Å². The number of aliphatic imine (C=N–C) groups is 2. The quantitative estimate of drug-likeness (QED) is 0.346. The van der Waals surface area contributed by atoms with Crippen LogP contribution in [0.25, 0.3) is 0 Å². The average Bonchev–Trinajstić information content (AvgIpc) is 3.40. The van der Waals surface area contributed by atoms with Crippen LogP contribution in [0.1, 0.15) is 55.4 Å². The molecule has 0 spiro atoms. The van der Waals surface area contributed by atoms with Gasteiger partial charge in [-0.05, 0) is 22.2 Å². The Bertz CT molecular complexity index is 1150. The van der Waals surface area contributed by atoms with E-state index in [2.05, 4.69) is 107 Å². The second-order valence-electron chi connectivity index (χ2n) is 14.1. The number of carbonyl (C=O) groups is 1. The van der Waals surface area contributed by atoms with E-state index in [1.165, 1.54) is 6.34 Å². The fourth-order valence-corrected chi connectivity index (χ4v) is 18.2. The van der Waals surface area contributed by atoms with Crippen LogP contribution in [0.2, 0.25) is 41.8 Å². The number of amides is 1. The Morgan fingerprint density at radius 2 is 1.69 bits per heavy atom. The van der Waals surface area contributed by atoms with E-state index in [1.807, 2.05) is 0 Å². The van der Waals surface area contributed by atoms with Crippen molar-refractivity contribution in [2.45, 2.75) is 134 Å². The molecule has 42 heavy (non-hydrogen) atoms. The predicted molar refractivity (Wildman–Crippen MR) is 170 cm³/mol. The normalized spacial score (nSPS) is 35.1. The fourth-order valence-electron chi connectivity index (χ4n) is 6.39. The summed E-state index contributed by atoms with van der Waals surface area (Å²) in [5.74, 6) is 3.02. The molecule has 14 heteroatoms. The summed E-state index contributed by atoms with van der Waals surface area (Å²) in [5, 5.41) is 5.88. The summed E-state index contributed by atoms with van der Waals surface area (Å²) < 4.78 is 46.0. The molecule has 0 aromatic heterocycles. The smallest absolute Gasteiger partial charge is 0.335 e. The van der Waals surface area contributed by atoms with E-state index in [1.54, 1.807) is 11.9 Å². The predicted octanol–water partition coefficient (Wildman–Crippen LogP) is 4.00. The third-order valence-corrected chi connectivity index (χ3v) is 19.7. The monoisotopic (exact) mass is 639 g/mol. The van der Waals surface area contributed by atoms with Crippen molar-refractivity contribution in [3.63, 3.8) is 0 Å². The Hall–Kier alpha value is -1.61. The van der Waals surface area contributed by atoms with Crippen molar-refractivity contribution in [3.05, 3.63) is 0 Å². The number of guanidine groups is 1. The number of nitrogens with one attached hydrogen (secondary N) is 2. The highest BCUT2D eigenvalue weighted by Crippen LogP contribution is 2.50. The van der Waals surface area contributed by atoms with Crippen molar-refractivity contribution >= 4 is 43.4 Å². The van der Waals surface area contributed by atoms with Crippen molar-refractivity contribution < 1.29 is 26.9 Å². The standard InChI is InChI=1S/C28H50FN5O5Si3/c1-17(2)41(18(3)4)36-15-21-23(38-42(39-41,19(5)6)20(7)8)28(29,13-14-40(10,11)12)26(37-21)34-16-31-22-24(34)32-27(30-9)33-25(22)35/h16-24,26H,15H2,1-12H3,(H2,30,32,33,35)/t21-,22?,23-,24?,26+,28?/m0/s1. The minimum Gasteiger partial charge on any atom is -0.414 e. The lowest BCUT2D eigenvalue weighted by molar-refractivity contribution is -0.125. The van der Waals surface area contributed by atoms with Gasteiger partial charge in [-0.2, -0.15) is 0 Å². The van der Waals surface area contributed by atoms with Crippen LogP contribution >= 0.6 is 0 Å². The fraction of sp³-hybridized carbons (Fsp3) is 0.821. The van der Waals surface area contributed by atoms with Gasteiger partial charge in [0.25, 0.3) is 5.91 Å². The van der Waals surface area contributed by atoms with Gasteiger partial charge >= 0.3 is 17.1 Å². The van der Waals surface area contributed by atoms with E-state index in [-0.39, 0.29) is 34.7 Å². The molecule has 3 unspecified atom stereocenters. The van der Waals surface area contributed by atoms with Gasteiger partial charge in [-0.1, -0.05) is 81.0 Å². The van der Waals surface area contributed by atoms with Crippen molar-refractivity contribution in [2.24, 2.45) is 9.98 Å². The molecule has 0 saturated carbocycles.